The maximum absolute atomic E-state index is 9.64. The molecule has 0 spiro atoms. The molecule has 0 aromatic rings. The molecular weight excluding hydrogens is 168 g/mol. The van der Waals surface area contributed by atoms with E-state index in [2.05, 4.69) is 0 Å². The Morgan fingerprint density at radius 2 is 1.42 bits per heavy atom. The summed E-state index contributed by atoms with van der Waals surface area (Å²) >= 11 is 0. The Hall–Kier alpha value is -0.530. The van der Waals surface area contributed by atoms with Gasteiger partial charge in [0.05, 0.1) is 13.2 Å². The van der Waals surface area contributed by atoms with Crippen LogP contribution in [0, 0.1) is 0 Å². The van der Waals surface area contributed by atoms with Crippen molar-refractivity contribution in [2.45, 2.75) is 19.3 Å². The van der Waals surface area contributed by atoms with E-state index in [9.17, 15) is 4.79 Å². The van der Waals surface area contributed by atoms with Gasteiger partial charge in [0.1, 0.15) is 6.10 Å². The van der Waals surface area contributed by atoms with Crippen LogP contribution >= 0.6 is 0 Å². The van der Waals surface area contributed by atoms with Gasteiger partial charge in [0.15, 0.2) is 5.78 Å². The minimum Gasteiger partial charge on any atom is -0.394 e. The lowest BCUT2D eigenvalue weighted by Crippen LogP contribution is -2.15. The quantitative estimate of drug-likeness (QED) is 0.301. The van der Waals surface area contributed by atoms with Gasteiger partial charge < -0.3 is 25.5 Å². The molecule has 0 aliphatic heterocycles. The predicted octanol–water partition coefficient (Wildman–Crippen LogP) is -2.78. The molecule has 0 saturated heterocycles. The summed E-state index contributed by atoms with van der Waals surface area (Å²) in [5, 5.41) is 39.7. The molecule has 6 nitrogen and oxygen atoms in total. The molecule has 0 heterocycles. The zero-order valence-electron chi connectivity index (χ0n) is 6.71. The second-order valence-electron chi connectivity index (χ2n) is 2.00. The molecule has 12 heavy (non-hydrogen) atoms. The molecule has 5 N–H and O–H groups in total. The lowest BCUT2D eigenvalue weighted by Gasteiger charge is -1.96. The molecular formula is C6H14O6. The lowest BCUT2D eigenvalue weighted by molar-refractivity contribution is -0.142. The van der Waals surface area contributed by atoms with E-state index < -0.39 is 18.2 Å². The van der Waals surface area contributed by atoms with Crippen molar-refractivity contribution in [1.29, 1.82) is 0 Å². The number of hydrogen-bond acceptors (Lipinski definition) is 6. The molecule has 74 valence electrons. The third-order valence-corrected chi connectivity index (χ3v) is 0.785. The van der Waals surface area contributed by atoms with E-state index in [1.54, 1.807) is 0 Å². The van der Waals surface area contributed by atoms with Crippen molar-refractivity contribution in [2.24, 2.45) is 0 Å². The smallest absolute Gasteiger partial charge is 0.212 e. The Morgan fingerprint density at radius 1 is 1.17 bits per heavy atom. The predicted molar refractivity (Wildman–Crippen MR) is 39.1 cm³/mol. The van der Waals surface area contributed by atoms with Crippen LogP contribution in [0.1, 0.15) is 6.92 Å². The molecule has 0 aliphatic carbocycles. The van der Waals surface area contributed by atoms with Gasteiger partial charge in [-0.3, -0.25) is 4.79 Å². The normalized spacial score (nSPS) is 9.67. The molecule has 0 bridgehead atoms. The molecule has 0 radical (unpaired) electrons. The standard InChI is InChI=1S/C3H8O3.C3H6O3/c4-1-3(6)2-5;1-2(4)3(5)6/h3-6H,1-2H2;3,5-6H,1H3. The summed E-state index contributed by atoms with van der Waals surface area (Å²) < 4.78 is 0. The number of Topliss-reactive ketones (excluding diaryl/α,β-unsaturated/α-hetero) is 1. The zero-order chi connectivity index (χ0) is 10.1. The Morgan fingerprint density at radius 3 is 1.42 bits per heavy atom. The van der Waals surface area contributed by atoms with Gasteiger partial charge in [-0.05, 0) is 6.92 Å². The van der Waals surface area contributed by atoms with Crippen LogP contribution in [0.2, 0.25) is 0 Å². The molecule has 0 atom stereocenters. The number of ketones is 1. The molecule has 0 saturated carbocycles. The monoisotopic (exact) mass is 182 g/mol. The summed E-state index contributed by atoms with van der Waals surface area (Å²) in [6, 6.07) is 0. The van der Waals surface area contributed by atoms with Gasteiger partial charge in [0.2, 0.25) is 6.29 Å². The summed E-state index contributed by atoms with van der Waals surface area (Å²) in [6.45, 7) is 0.373. The van der Waals surface area contributed by atoms with Gasteiger partial charge in [-0.15, -0.1) is 0 Å². The summed E-state index contributed by atoms with van der Waals surface area (Å²) in [5.74, 6) is -0.630. The van der Waals surface area contributed by atoms with E-state index in [0.717, 1.165) is 6.92 Å². The largest absolute Gasteiger partial charge is 0.394 e. The minimum atomic E-state index is -1.79. The van der Waals surface area contributed by atoms with E-state index in [-0.39, 0.29) is 13.2 Å². The van der Waals surface area contributed by atoms with Crippen molar-refractivity contribution < 1.29 is 30.3 Å². The van der Waals surface area contributed by atoms with Crippen LogP contribution in [0.3, 0.4) is 0 Å². The summed E-state index contributed by atoms with van der Waals surface area (Å²) in [5.41, 5.74) is 0. The highest BCUT2D eigenvalue weighted by atomic mass is 16.5. The first-order valence-electron chi connectivity index (χ1n) is 3.22. The number of aliphatic hydroxyl groups excluding tert-OH is 4. The van der Waals surface area contributed by atoms with Crippen LogP contribution in [0.15, 0.2) is 0 Å². The number of hydrogen-bond donors (Lipinski definition) is 5. The van der Waals surface area contributed by atoms with E-state index in [4.69, 9.17) is 25.5 Å². The van der Waals surface area contributed by atoms with Gasteiger partial charge in [-0.25, -0.2) is 0 Å². The number of aliphatic hydroxyl groups is 5. The first-order chi connectivity index (χ1) is 5.45. The molecule has 0 aromatic heterocycles. The highest BCUT2D eigenvalue weighted by Crippen LogP contribution is 1.72. The van der Waals surface area contributed by atoms with Crippen LogP contribution in [-0.4, -0.2) is 56.9 Å². The molecule has 0 aliphatic rings. The molecule has 0 rings (SSSR count). The summed E-state index contributed by atoms with van der Waals surface area (Å²) in [7, 11) is 0. The van der Waals surface area contributed by atoms with Gasteiger partial charge >= 0.3 is 0 Å². The summed E-state index contributed by atoms with van der Waals surface area (Å²) in [6.07, 6.45) is -2.74. The number of rotatable bonds is 3. The van der Waals surface area contributed by atoms with E-state index in [0.29, 0.717) is 0 Å². The van der Waals surface area contributed by atoms with Crippen molar-refractivity contribution in [3.63, 3.8) is 0 Å². The fraction of sp³-hybridized carbons (Fsp3) is 0.833. The Kier molecular flexibility index (Phi) is 10.0. The van der Waals surface area contributed by atoms with Crippen LogP contribution in [0.4, 0.5) is 0 Å². The average molecular weight is 182 g/mol. The highest BCUT2D eigenvalue weighted by Gasteiger charge is 1.99. The number of carbonyl (C=O) groups is 1. The van der Waals surface area contributed by atoms with Crippen molar-refractivity contribution in [3.8, 4) is 0 Å². The average Bonchev–Trinajstić information content (AvgIpc) is 2.04. The topological polar surface area (TPSA) is 118 Å². The lowest BCUT2D eigenvalue weighted by atomic mass is 10.4. The summed E-state index contributed by atoms with van der Waals surface area (Å²) in [4.78, 5) is 9.64. The number of carbonyl (C=O) groups excluding carboxylic acids is 1. The molecule has 0 unspecified atom stereocenters. The van der Waals surface area contributed by atoms with E-state index in [1.165, 1.54) is 0 Å². The van der Waals surface area contributed by atoms with Crippen molar-refractivity contribution in [3.05, 3.63) is 0 Å². The second-order valence-corrected chi connectivity index (χ2v) is 2.00. The van der Waals surface area contributed by atoms with Crippen molar-refractivity contribution >= 4 is 5.78 Å². The first kappa shape index (κ1) is 14.0. The Bertz CT molecular complexity index is 109. The third-order valence-electron chi connectivity index (χ3n) is 0.785. The van der Waals surface area contributed by atoms with Crippen molar-refractivity contribution in [2.75, 3.05) is 13.2 Å². The maximum Gasteiger partial charge on any atom is 0.212 e. The SMILES string of the molecule is CC(=O)C(O)O.OCC(O)CO. The maximum atomic E-state index is 9.64. The highest BCUT2D eigenvalue weighted by molar-refractivity contribution is 5.78. The molecule has 0 aromatic carbocycles. The van der Waals surface area contributed by atoms with Crippen LogP contribution in [0.5, 0.6) is 0 Å². The molecule has 0 fully saturated rings. The minimum absolute atomic E-state index is 0.365. The Labute approximate surface area is 69.7 Å². The third kappa shape index (κ3) is 12.2. The van der Waals surface area contributed by atoms with Crippen LogP contribution in [0.25, 0.3) is 0 Å². The Balaban J connectivity index is 0. The van der Waals surface area contributed by atoms with Gasteiger partial charge in [-0.2, -0.15) is 0 Å². The van der Waals surface area contributed by atoms with Crippen LogP contribution < -0.4 is 0 Å². The van der Waals surface area contributed by atoms with Crippen LogP contribution in [-0.2, 0) is 4.79 Å². The molecule has 6 heteroatoms. The van der Waals surface area contributed by atoms with Gasteiger partial charge in [-0.1, -0.05) is 0 Å². The van der Waals surface area contributed by atoms with Gasteiger partial charge in [0.25, 0.3) is 0 Å². The van der Waals surface area contributed by atoms with Gasteiger partial charge in [0, 0.05) is 0 Å². The van der Waals surface area contributed by atoms with Crippen molar-refractivity contribution in [1.82, 2.24) is 0 Å². The van der Waals surface area contributed by atoms with E-state index >= 15 is 0 Å². The fourth-order valence-corrected chi connectivity index (χ4v) is 0.0577. The fourth-order valence-electron chi connectivity index (χ4n) is 0.0577. The first-order valence-corrected chi connectivity index (χ1v) is 3.22. The second kappa shape index (κ2) is 8.57. The zero-order valence-corrected chi connectivity index (χ0v) is 6.71. The molecule has 0 amide bonds. The van der Waals surface area contributed by atoms with E-state index in [1.807, 2.05) is 0 Å².